The van der Waals surface area contributed by atoms with Gasteiger partial charge in [-0.3, -0.25) is 0 Å². The molecule has 21 heavy (non-hydrogen) atoms. The van der Waals surface area contributed by atoms with Gasteiger partial charge >= 0.3 is 5.97 Å². The number of ether oxygens (including phenoxy) is 2. The maximum Gasteiger partial charge on any atom is 0.348 e. The monoisotopic (exact) mass is 306 g/mol. The first kappa shape index (κ1) is 14.1. The molecule has 1 heterocycles. The van der Waals surface area contributed by atoms with E-state index in [0.717, 1.165) is 12.8 Å². The molecule has 1 aliphatic carbocycles. The zero-order valence-electron chi connectivity index (χ0n) is 11.4. The highest BCUT2D eigenvalue weighted by molar-refractivity contribution is 7.14. The van der Waals surface area contributed by atoms with Crippen molar-refractivity contribution in [1.29, 1.82) is 0 Å². The van der Waals surface area contributed by atoms with Crippen LogP contribution in [-0.4, -0.2) is 19.2 Å². The molecule has 0 amide bonds. The van der Waals surface area contributed by atoms with Gasteiger partial charge in [-0.05, 0) is 43.0 Å². The van der Waals surface area contributed by atoms with Crippen LogP contribution in [0.2, 0.25) is 0 Å². The fourth-order valence-electron chi connectivity index (χ4n) is 2.35. The number of para-hydroxylation sites is 1. The molecule has 110 valence electrons. The van der Waals surface area contributed by atoms with Gasteiger partial charge in [0.1, 0.15) is 18.1 Å². The number of thiophene rings is 1. The SMILES string of the molecule is O=C(OCCOc1ccccc1F)c1cc2c(s1)CCC2. The van der Waals surface area contributed by atoms with Gasteiger partial charge in [-0.15, -0.1) is 11.3 Å². The van der Waals surface area contributed by atoms with Gasteiger partial charge in [-0.2, -0.15) is 0 Å². The number of hydrogen-bond acceptors (Lipinski definition) is 4. The third-order valence-electron chi connectivity index (χ3n) is 3.36. The van der Waals surface area contributed by atoms with Crippen LogP contribution in [0.25, 0.3) is 0 Å². The van der Waals surface area contributed by atoms with E-state index in [1.54, 1.807) is 18.2 Å². The minimum Gasteiger partial charge on any atom is -0.487 e. The molecule has 0 N–H and O–H groups in total. The Labute approximate surface area is 126 Å². The van der Waals surface area contributed by atoms with E-state index in [4.69, 9.17) is 9.47 Å². The Morgan fingerprint density at radius 3 is 2.90 bits per heavy atom. The highest BCUT2D eigenvalue weighted by atomic mass is 32.1. The second-order valence-electron chi connectivity index (χ2n) is 4.83. The predicted octanol–water partition coefficient (Wildman–Crippen LogP) is 3.61. The average molecular weight is 306 g/mol. The van der Waals surface area contributed by atoms with E-state index in [1.807, 2.05) is 6.07 Å². The van der Waals surface area contributed by atoms with Crippen molar-refractivity contribution in [2.24, 2.45) is 0 Å². The quantitative estimate of drug-likeness (QED) is 0.625. The molecule has 0 atom stereocenters. The van der Waals surface area contributed by atoms with E-state index >= 15 is 0 Å². The summed E-state index contributed by atoms with van der Waals surface area (Å²) in [7, 11) is 0. The lowest BCUT2D eigenvalue weighted by Gasteiger charge is -2.07. The molecule has 0 bridgehead atoms. The molecular formula is C16H15FO3S. The Hall–Kier alpha value is -1.88. The van der Waals surface area contributed by atoms with Crippen LogP contribution in [0.3, 0.4) is 0 Å². The second kappa shape index (κ2) is 6.26. The summed E-state index contributed by atoms with van der Waals surface area (Å²) in [6, 6.07) is 8.08. The van der Waals surface area contributed by atoms with Gasteiger partial charge in [-0.25, -0.2) is 9.18 Å². The third-order valence-corrected chi connectivity index (χ3v) is 4.58. The maximum atomic E-state index is 13.3. The molecule has 3 rings (SSSR count). The molecular weight excluding hydrogens is 291 g/mol. The normalized spacial score (nSPS) is 13.0. The summed E-state index contributed by atoms with van der Waals surface area (Å²) in [6.07, 6.45) is 3.28. The van der Waals surface area contributed by atoms with Gasteiger partial charge in [-0.1, -0.05) is 12.1 Å². The fourth-order valence-corrected chi connectivity index (χ4v) is 3.50. The summed E-state index contributed by atoms with van der Waals surface area (Å²) in [6.45, 7) is 0.244. The number of halogens is 1. The van der Waals surface area contributed by atoms with Crippen molar-refractivity contribution in [3.05, 3.63) is 51.5 Å². The summed E-state index contributed by atoms with van der Waals surface area (Å²) in [5.41, 5.74) is 1.27. The van der Waals surface area contributed by atoms with Crippen molar-refractivity contribution >= 4 is 17.3 Å². The largest absolute Gasteiger partial charge is 0.487 e. The zero-order valence-corrected chi connectivity index (χ0v) is 12.2. The number of rotatable bonds is 5. The molecule has 1 aromatic carbocycles. The summed E-state index contributed by atoms with van der Waals surface area (Å²) in [4.78, 5) is 13.8. The molecule has 1 aromatic heterocycles. The molecule has 5 heteroatoms. The lowest BCUT2D eigenvalue weighted by molar-refractivity contribution is 0.0454. The van der Waals surface area contributed by atoms with E-state index in [1.165, 1.54) is 34.3 Å². The highest BCUT2D eigenvalue weighted by Gasteiger charge is 2.19. The van der Waals surface area contributed by atoms with Crippen LogP contribution in [0.15, 0.2) is 30.3 Å². The van der Waals surface area contributed by atoms with Crippen LogP contribution in [0.1, 0.15) is 26.5 Å². The summed E-state index contributed by atoms with van der Waals surface area (Å²) >= 11 is 1.51. The lowest BCUT2D eigenvalue weighted by Crippen LogP contribution is -2.12. The smallest absolute Gasteiger partial charge is 0.348 e. The number of carbonyl (C=O) groups excluding carboxylic acids is 1. The Bertz CT molecular complexity index is 629. The molecule has 0 radical (unpaired) electrons. The molecule has 0 saturated heterocycles. The summed E-state index contributed by atoms with van der Waals surface area (Å²) in [5.74, 6) is -0.575. The third kappa shape index (κ3) is 3.24. The van der Waals surface area contributed by atoms with Gasteiger partial charge in [0, 0.05) is 4.88 Å². The van der Waals surface area contributed by atoms with Crippen LogP contribution in [-0.2, 0) is 17.6 Å². The summed E-state index contributed by atoms with van der Waals surface area (Å²) < 4.78 is 23.7. The van der Waals surface area contributed by atoms with E-state index in [9.17, 15) is 9.18 Å². The van der Waals surface area contributed by atoms with Gasteiger partial charge in [0.25, 0.3) is 0 Å². The van der Waals surface area contributed by atoms with E-state index in [2.05, 4.69) is 0 Å². The minimum absolute atomic E-state index is 0.107. The van der Waals surface area contributed by atoms with Gasteiger partial charge in [0.2, 0.25) is 0 Å². The van der Waals surface area contributed by atoms with E-state index in [0.29, 0.717) is 4.88 Å². The van der Waals surface area contributed by atoms with Crippen molar-refractivity contribution in [3.63, 3.8) is 0 Å². The number of aryl methyl sites for hydroxylation is 2. The molecule has 0 saturated carbocycles. The molecule has 0 fully saturated rings. The van der Waals surface area contributed by atoms with Gasteiger partial charge < -0.3 is 9.47 Å². The highest BCUT2D eigenvalue weighted by Crippen LogP contribution is 2.30. The average Bonchev–Trinajstić information content (AvgIpc) is 3.06. The maximum absolute atomic E-state index is 13.3. The molecule has 0 spiro atoms. The van der Waals surface area contributed by atoms with Crippen LogP contribution in [0.5, 0.6) is 5.75 Å². The van der Waals surface area contributed by atoms with Crippen molar-refractivity contribution in [2.45, 2.75) is 19.3 Å². The van der Waals surface area contributed by atoms with Gasteiger partial charge in [0.05, 0.1) is 0 Å². The predicted molar refractivity (Wildman–Crippen MR) is 78.5 cm³/mol. The first-order valence-electron chi connectivity index (χ1n) is 6.90. The number of benzene rings is 1. The minimum atomic E-state index is -0.418. The van der Waals surface area contributed by atoms with Crippen LogP contribution >= 0.6 is 11.3 Å². The first-order valence-corrected chi connectivity index (χ1v) is 7.72. The lowest BCUT2D eigenvalue weighted by atomic mass is 10.2. The summed E-state index contributed by atoms with van der Waals surface area (Å²) in [5, 5.41) is 0. The molecule has 2 aromatic rings. The van der Waals surface area contributed by atoms with Crippen molar-refractivity contribution in [2.75, 3.05) is 13.2 Å². The van der Waals surface area contributed by atoms with Crippen LogP contribution in [0.4, 0.5) is 4.39 Å². The van der Waals surface area contributed by atoms with Crippen molar-refractivity contribution in [3.8, 4) is 5.75 Å². The molecule has 0 unspecified atom stereocenters. The van der Waals surface area contributed by atoms with Crippen molar-refractivity contribution < 1.29 is 18.7 Å². The number of fused-ring (bicyclic) bond motifs is 1. The van der Waals surface area contributed by atoms with Crippen LogP contribution in [0, 0.1) is 5.82 Å². The van der Waals surface area contributed by atoms with Crippen LogP contribution < -0.4 is 4.74 Å². The second-order valence-corrected chi connectivity index (χ2v) is 5.96. The Kier molecular flexibility index (Phi) is 4.20. The Morgan fingerprint density at radius 1 is 1.24 bits per heavy atom. The first-order chi connectivity index (χ1) is 10.2. The van der Waals surface area contributed by atoms with Crippen molar-refractivity contribution in [1.82, 2.24) is 0 Å². The van der Waals surface area contributed by atoms with E-state index in [-0.39, 0.29) is 24.9 Å². The Morgan fingerprint density at radius 2 is 2.10 bits per heavy atom. The number of esters is 1. The molecule has 0 aliphatic heterocycles. The molecule has 1 aliphatic rings. The number of hydrogen-bond donors (Lipinski definition) is 0. The number of carbonyl (C=O) groups is 1. The van der Waals surface area contributed by atoms with Gasteiger partial charge in [0.15, 0.2) is 11.6 Å². The zero-order chi connectivity index (χ0) is 14.7. The standard InChI is InChI=1S/C16H15FO3S/c17-12-5-1-2-6-13(12)19-8-9-20-16(18)15-10-11-4-3-7-14(11)21-15/h1-2,5-6,10H,3-4,7-9H2. The Balaban J connectivity index is 1.47. The fraction of sp³-hybridized carbons (Fsp3) is 0.312. The topological polar surface area (TPSA) is 35.5 Å². The van der Waals surface area contributed by atoms with E-state index < -0.39 is 5.82 Å². The molecule has 3 nitrogen and oxygen atoms in total.